The summed E-state index contributed by atoms with van der Waals surface area (Å²) in [6.07, 6.45) is 3.25. The van der Waals surface area contributed by atoms with E-state index < -0.39 is 0 Å². The van der Waals surface area contributed by atoms with Crippen molar-refractivity contribution in [1.29, 1.82) is 0 Å². The molecule has 0 aliphatic heterocycles. The molecular weight excluding hydrogens is 224 g/mol. The molecule has 0 heterocycles. The maximum Gasteiger partial charge on any atom is 0.251 e. The lowest BCUT2D eigenvalue weighted by molar-refractivity contribution is 0.0850. The molecule has 0 unspecified atom stereocenters. The van der Waals surface area contributed by atoms with Crippen molar-refractivity contribution >= 4 is 23.2 Å². The van der Waals surface area contributed by atoms with Gasteiger partial charge in [-0.25, -0.2) is 0 Å². The number of hydrogen-bond donors (Lipinski definition) is 2. The summed E-state index contributed by atoms with van der Waals surface area (Å²) in [6.45, 7) is 2.06. The van der Waals surface area contributed by atoms with E-state index in [2.05, 4.69) is 12.2 Å². The van der Waals surface area contributed by atoms with E-state index in [-0.39, 0.29) is 11.4 Å². The molecule has 1 saturated carbocycles. The van der Waals surface area contributed by atoms with Crippen LogP contribution < -0.4 is 11.1 Å². The van der Waals surface area contributed by atoms with Crippen molar-refractivity contribution in [1.82, 2.24) is 5.32 Å². The van der Waals surface area contributed by atoms with E-state index in [1.165, 1.54) is 6.42 Å². The number of benzene rings is 1. The van der Waals surface area contributed by atoms with Crippen molar-refractivity contribution in [3.8, 4) is 0 Å². The summed E-state index contributed by atoms with van der Waals surface area (Å²) in [5.41, 5.74) is 6.63. The van der Waals surface area contributed by atoms with Crippen LogP contribution in [-0.4, -0.2) is 11.4 Å². The summed E-state index contributed by atoms with van der Waals surface area (Å²) in [5, 5.41) is 3.50. The average Bonchev–Trinajstić information content (AvgIpc) is 2.13. The van der Waals surface area contributed by atoms with Crippen LogP contribution in [0.2, 0.25) is 5.02 Å². The Morgan fingerprint density at radius 1 is 1.44 bits per heavy atom. The topological polar surface area (TPSA) is 55.1 Å². The van der Waals surface area contributed by atoms with Crippen molar-refractivity contribution < 1.29 is 4.79 Å². The molecule has 1 aromatic carbocycles. The van der Waals surface area contributed by atoms with Gasteiger partial charge in [0.05, 0.1) is 0 Å². The van der Waals surface area contributed by atoms with Gasteiger partial charge in [-0.1, -0.05) is 11.6 Å². The highest BCUT2D eigenvalue weighted by atomic mass is 35.5. The van der Waals surface area contributed by atoms with Crippen LogP contribution in [0.4, 0.5) is 5.69 Å². The van der Waals surface area contributed by atoms with Gasteiger partial charge in [0.25, 0.3) is 5.91 Å². The number of rotatable bonds is 2. The van der Waals surface area contributed by atoms with E-state index in [9.17, 15) is 4.79 Å². The highest BCUT2D eigenvalue weighted by molar-refractivity contribution is 6.31. The number of amides is 1. The smallest absolute Gasteiger partial charge is 0.251 e. The molecule has 3 N–H and O–H groups in total. The lowest BCUT2D eigenvalue weighted by atomic mass is 9.78. The number of carbonyl (C=O) groups excluding carboxylic acids is 1. The minimum Gasteiger partial charge on any atom is -0.399 e. The van der Waals surface area contributed by atoms with Gasteiger partial charge in [0.15, 0.2) is 0 Å². The van der Waals surface area contributed by atoms with Crippen LogP contribution in [0.5, 0.6) is 0 Å². The Labute approximate surface area is 100.0 Å². The van der Waals surface area contributed by atoms with Crippen molar-refractivity contribution in [2.45, 2.75) is 31.7 Å². The minimum absolute atomic E-state index is 0.0475. The van der Waals surface area contributed by atoms with Crippen LogP contribution in [0.15, 0.2) is 18.2 Å². The van der Waals surface area contributed by atoms with Gasteiger partial charge in [-0.3, -0.25) is 4.79 Å². The Morgan fingerprint density at radius 2 is 2.12 bits per heavy atom. The van der Waals surface area contributed by atoms with E-state index in [1.54, 1.807) is 18.2 Å². The Kier molecular flexibility index (Phi) is 2.80. The average molecular weight is 239 g/mol. The fourth-order valence-electron chi connectivity index (χ4n) is 1.92. The van der Waals surface area contributed by atoms with Crippen molar-refractivity contribution in [3.63, 3.8) is 0 Å². The van der Waals surface area contributed by atoms with Gasteiger partial charge >= 0.3 is 0 Å². The number of nitrogens with two attached hydrogens (primary N) is 1. The maximum atomic E-state index is 11.9. The molecule has 86 valence electrons. The van der Waals surface area contributed by atoms with Crippen LogP contribution in [0.1, 0.15) is 36.5 Å². The molecule has 1 aliphatic carbocycles. The fraction of sp³-hybridized carbons (Fsp3) is 0.417. The first-order valence-corrected chi connectivity index (χ1v) is 5.75. The monoisotopic (exact) mass is 238 g/mol. The lowest BCUT2D eigenvalue weighted by Gasteiger charge is -2.39. The molecule has 1 aliphatic rings. The predicted octanol–water partition coefficient (Wildman–Crippen LogP) is 2.59. The van der Waals surface area contributed by atoms with Gasteiger partial charge in [0.2, 0.25) is 0 Å². The second kappa shape index (κ2) is 3.98. The lowest BCUT2D eigenvalue weighted by Crippen LogP contribution is -2.50. The maximum absolute atomic E-state index is 11.9. The van der Waals surface area contributed by atoms with E-state index in [4.69, 9.17) is 17.3 Å². The second-order valence-electron chi connectivity index (χ2n) is 4.64. The summed E-state index contributed by atoms with van der Waals surface area (Å²) in [6, 6.07) is 4.90. The van der Waals surface area contributed by atoms with Crippen molar-refractivity contribution in [2.75, 3.05) is 5.73 Å². The van der Waals surface area contributed by atoms with Gasteiger partial charge in [-0.2, -0.15) is 0 Å². The Bertz CT molecular complexity index is 407. The largest absolute Gasteiger partial charge is 0.399 e. The van der Waals surface area contributed by atoms with Crippen molar-refractivity contribution in [3.05, 3.63) is 28.8 Å². The molecule has 0 spiro atoms. The molecule has 1 aromatic rings. The molecular formula is C12H15ClN2O. The quantitative estimate of drug-likeness (QED) is 0.779. The highest BCUT2D eigenvalue weighted by Gasteiger charge is 2.33. The molecule has 0 bridgehead atoms. The third-order valence-corrected chi connectivity index (χ3v) is 3.27. The molecule has 0 aromatic heterocycles. The third kappa shape index (κ3) is 2.30. The molecule has 3 nitrogen and oxygen atoms in total. The number of hydrogen-bond acceptors (Lipinski definition) is 2. The Hall–Kier alpha value is -1.22. The first-order valence-electron chi connectivity index (χ1n) is 5.37. The van der Waals surface area contributed by atoms with E-state index in [0.717, 1.165) is 12.8 Å². The minimum atomic E-state index is -0.101. The number of nitrogen functional groups attached to an aromatic ring is 1. The van der Waals surface area contributed by atoms with Crippen LogP contribution in [0.25, 0.3) is 0 Å². The van der Waals surface area contributed by atoms with E-state index in [1.807, 2.05) is 0 Å². The second-order valence-corrected chi connectivity index (χ2v) is 5.08. The SMILES string of the molecule is CC1(NC(=O)c2cc(N)cc(Cl)c2)CCC1. The third-order valence-electron chi connectivity index (χ3n) is 3.05. The van der Waals surface area contributed by atoms with Gasteiger partial charge in [0, 0.05) is 21.8 Å². The zero-order valence-electron chi connectivity index (χ0n) is 9.22. The Morgan fingerprint density at radius 3 is 2.62 bits per heavy atom. The standard InChI is InChI=1S/C12H15ClN2O/c1-12(3-2-4-12)15-11(16)8-5-9(13)7-10(14)6-8/h5-7H,2-4,14H2,1H3,(H,15,16). The molecule has 2 rings (SSSR count). The number of nitrogens with one attached hydrogen (secondary N) is 1. The Balaban J connectivity index is 2.14. The highest BCUT2D eigenvalue weighted by Crippen LogP contribution is 2.31. The van der Waals surface area contributed by atoms with Crippen LogP contribution in [0, 0.1) is 0 Å². The predicted molar refractivity (Wildman–Crippen MR) is 65.6 cm³/mol. The van der Waals surface area contributed by atoms with Crippen LogP contribution in [0.3, 0.4) is 0 Å². The molecule has 1 amide bonds. The summed E-state index contributed by atoms with van der Waals surface area (Å²) in [7, 11) is 0. The number of halogens is 1. The molecule has 0 radical (unpaired) electrons. The zero-order valence-corrected chi connectivity index (χ0v) is 9.97. The normalized spacial score (nSPS) is 17.6. The number of anilines is 1. The molecule has 1 fully saturated rings. The van der Waals surface area contributed by atoms with Gasteiger partial charge in [-0.15, -0.1) is 0 Å². The first kappa shape index (κ1) is 11.3. The summed E-state index contributed by atoms with van der Waals surface area (Å²) < 4.78 is 0. The first-order chi connectivity index (χ1) is 7.48. The molecule has 0 saturated heterocycles. The van der Waals surface area contributed by atoms with E-state index in [0.29, 0.717) is 16.3 Å². The number of carbonyl (C=O) groups is 1. The van der Waals surface area contributed by atoms with Crippen LogP contribution in [-0.2, 0) is 0 Å². The fourth-order valence-corrected chi connectivity index (χ4v) is 2.17. The van der Waals surface area contributed by atoms with Gasteiger partial charge in [0.1, 0.15) is 0 Å². The van der Waals surface area contributed by atoms with Gasteiger partial charge < -0.3 is 11.1 Å². The molecule has 4 heteroatoms. The molecule has 16 heavy (non-hydrogen) atoms. The summed E-state index contributed by atoms with van der Waals surface area (Å²) >= 11 is 5.85. The zero-order chi connectivity index (χ0) is 11.8. The summed E-state index contributed by atoms with van der Waals surface area (Å²) in [4.78, 5) is 11.9. The van der Waals surface area contributed by atoms with Crippen molar-refractivity contribution in [2.24, 2.45) is 0 Å². The summed E-state index contributed by atoms with van der Waals surface area (Å²) in [5.74, 6) is -0.101. The van der Waals surface area contributed by atoms with E-state index >= 15 is 0 Å². The van der Waals surface area contributed by atoms with Gasteiger partial charge in [-0.05, 0) is 44.4 Å². The molecule has 0 atom stereocenters. The van der Waals surface area contributed by atoms with Crippen LogP contribution >= 0.6 is 11.6 Å².